The normalized spacial score (nSPS) is 59.0. The highest BCUT2D eigenvalue weighted by Crippen LogP contribution is 2.71. The van der Waals surface area contributed by atoms with Crippen LogP contribution in [0, 0.1) is 52.3 Å². The van der Waals surface area contributed by atoms with Gasteiger partial charge >= 0.3 is 0 Å². The van der Waals surface area contributed by atoms with Gasteiger partial charge in [0.05, 0.1) is 32.0 Å². The van der Waals surface area contributed by atoms with Crippen molar-refractivity contribution in [1.82, 2.24) is 0 Å². The molecule has 13 nitrogen and oxygen atoms in total. The van der Waals surface area contributed by atoms with E-state index >= 15 is 0 Å². The van der Waals surface area contributed by atoms with Gasteiger partial charge < -0.3 is 64.2 Å². The summed E-state index contributed by atoms with van der Waals surface area (Å²) in [6, 6.07) is 0. The first-order chi connectivity index (χ1) is 24.7. The molecule has 0 aromatic rings. The van der Waals surface area contributed by atoms with Crippen molar-refractivity contribution < 1.29 is 64.2 Å². The summed E-state index contributed by atoms with van der Waals surface area (Å²) < 4.78 is 37.5. The van der Waals surface area contributed by atoms with Crippen LogP contribution in [-0.2, 0) is 28.4 Å². The SMILES string of the molecule is C[C@@H]1CC[C@@]2(OC1)O[C@H]1C[C@H]3[C@@H]4CCC5C[C@@H](O[C@@H]6O[C@H](CO)[C@H](O)[C@H](O)[C@H]6O[C@@H]6O[C@H](CO)[C@@H](O)[C@H](O)[C@H]6O)CC[C@]5(C)[C@H]4CC[C@]3(C)[C@H]1[C@@H]2C. The lowest BCUT2D eigenvalue weighted by Gasteiger charge is -2.61. The average molecular weight is 741 g/mol. The molecule has 4 aliphatic heterocycles. The summed E-state index contributed by atoms with van der Waals surface area (Å²) in [6.07, 6.45) is -3.88. The topological polar surface area (TPSA) is 197 Å². The van der Waals surface area contributed by atoms with Crippen molar-refractivity contribution >= 4 is 0 Å². The third-order valence-electron chi connectivity index (χ3n) is 16.2. The second-order valence-electron chi connectivity index (χ2n) is 18.7. The minimum atomic E-state index is -1.71. The van der Waals surface area contributed by atoms with Gasteiger partial charge in [-0.05, 0) is 104 Å². The maximum absolute atomic E-state index is 11.1. The summed E-state index contributed by atoms with van der Waals surface area (Å²) in [6.45, 7) is 9.33. The van der Waals surface area contributed by atoms with Crippen LogP contribution in [0.1, 0.15) is 91.9 Å². The molecule has 1 unspecified atom stereocenters. The van der Waals surface area contributed by atoms with Crippen LogP contribution in [0.15, 0.2) is 0 Å². The molecule has 0 amide bonds. The number of rotatable bonds is 6. The predicted octanol–water partition coefficient (Wildman–Crippen LogP) is 1.44. The molecule has 52 heavy (non-hydrogen) atoms. The Morgan fingerprint density at radius 3 is 2.06 bits per heavy atom. The van der Waals surface area contributed by atoms with Crippen LogP contribution in [0.4, 0.5) is 0 Å². The van der Waals surface area contributed by atoms with Crippen LogP contribution in [0.2, 0.25) is 0 Å². The maximum atomic E-state index is 11.1. The van der Waals surface area contributed by atoms with Gasteiger partial charge in [0.25, 0.3) is 0 Å². The molecular formula is C39H64O13. The van der Waals surface area contributed by atoms with Crippen LogP contribution in [0.3, 0.4) is 0 Å². The first kappa shape index (κ1) is 38.4. The van der Waals surface area contributed by atoms with Crippen molar-refractivity contribution in [3.8, 4) is 0 Å². The molecule has 22 atom stereocenters. The Hall–Kier alpha value is -0.520. The number of hydrogen-bond donors (Lipinski definition) is 7. The lowest BCUT2D eigenvalue weighted by Crippen LogP contribution is -2.65. The number of ether oxygens (including phenoxy) is 6. The first-order valence-corrected chi connectivity index (χ1v) is 20.3. The molecule has 8 aliphatic rings. The maximum Gasteiger partial charge on any atom is 0.187 e. The molecule has 8 rings (SSSR count). The summed E-state index contributed by atoms with van der Waals surface area (Å²) in [4.78, 5) is 0. The lowest BCUT2D eigenvalue weighted by atomic mass is 9.44. The fourth-order valence-electron chi connectivity index (χ4n) is 13.2. The second-order valence-corrected chi connectivity index (χ2v) is 18.7. The Kier molecular flexibility index (Phi) is 10.4. The van der Waals surface area contributed by atoms with E-state index in [1.165, 1.54) is 25.7 Å². The largest absolute Gasteiger partial charge is 0.394 e. The van der Waals surface area contributed by atoms with Gasteiger partial charge in [0.1, 0.15) is 48.8 Å². The van der Waals surface area contributed by atoms with Crippen LogP contribution in [0.25, 0.3) is 0 Å². The van der Waals surface area contributed by atoms with Crippen molar-refractivity contribution in [1.29, 1.82) is 0 Å². The second kappa shape index (κ2) is 14.1. The number of aliphatic hydroxyl groups excluding tert-OH is 7. The Morgan fingerprint density at radius 1 is 0.673 bits per heavy atom. The van der Waals surface area contributed by atoms with Crippen molar-refractivity contribution in [2.45, 2.75) is 171 Å². The van der Waals surface area contributed by atoms with Crippen LogP contribution in [-0.4, -0.2) is 135 Å². The molecule has 0 bridgehead atoms. The Balaban J connectivity index is 0.942. The third kappa shape index (κ3) is 5.98. The van der Waals surface area contributed by atoms with Gasteiger partial charge in [-0.1, -0.05) is 27.7 Å². The molecular weight excluding hydrogens is 676 g/mol. The monoisotopic (exact) mass is 740 g/mol. The third-order valence-corrected chi connectivity index (χ3v) is 16.2. The van der Waals surface area contributed by atoms with Gasteiger partial charge in [-0.2, -0.15) is 0 Å². The Bertz CT molecular complexity index is 1260. The van der Waals surface area contributed by atoms with E-state index in [1.807, 2.05) is 0 Å². The summed E-state index contributed by atoms with van der Waals surface area (Å²) in [5, 5.41) is 72.7. The average Bonchev–Trinajstić information content (AvgIpc) is 3.58. The molecule has 0 aromatic carbocycles. The minimum Gasteiger partial charge on any atom is -0.394 e. The standard InChI is InChI=1S/C39H64O13/c1-18-7-12-39(47-17-18)19(2)28-25(52-39)14-24-22-6-5-20-13-21(8-10-37(20,3)23(22)9-11-38(24,28)4)48-36-34(32(45)30(43)27(16-41)50-36)51-35-33(46)31(44)29(42)26(15-40)49-35/h18-36,40-46H,5-17H2,1-4H3/t18-,19+,20?,21+,22-,23+,24+,25+,26-,27-,28+,29-,30+,31+,32+,33-,34-,35+,36-,37+,38+,39-/m1/s1. The summed E-state index contributed by atoms with van der Waals surface area (Å²) in [5.74, 6) is 3.51. The smallest absolute Gasteiger partial charge is 0.187 e. The van der Waals surface area contributed by atoms with Gasteiger partial charge in [0.2, 0.25) is 0 Å². The highest BCUT2D eigenvalue weighted by atomic mass is 16.8. The Morgan fingerprint density at radius 2 is 1.37 bits per heavy atom. The van der Waals surface area contributed by atoms with Crippen molar-refractivity contribution in [3.05, 3.63) is 0 Å². The van der Waals surface area contributed by atoms with Gasteiger partial charge in [0.15, 0.2) is 18.4 Å². The number of aliphatic hydroxyl groups is 7. The minimum absolute atomic E-state index is 0.168. The van der Waals surface area contributed by atoms with E-state index in [2.05, 4.69) is 27.7 Å². The molecule has 8 fully saturated rings. The van der Waals surface area contributed by atoms with Crippen molar-refractivity contribution in [2.24, 2.45) is 52.3 Å². The van der Waals surface area contributed by atoms with Gasteiger partial charge in [0, 0.05) is 12.3 Å². The van der Waals surface area contributed by atoms with Crippen LogP contribution < -0.4 is 0 Å². The predicted molar refractivity (Wildman–Crippen MR) is 183 cm³/mol. The van der Waals surface area contributed by atoms with E-state index in [4.69, 9.17) is 28.4 Å². The molecule has 0 aromatic heterocycles. The van der Waals surface area contributed by atoms with Crippen LogP contribution in [0.5, 0.6) is 0 Å². The number of hydrogen-bond acceptors (Lipinski definition) is 13. The van der Waals surface area contributed by atoms with Crippen molar-refractivity contribution in [2.75, 3.05) is 19.8 Å². The van der Waals surface area contributed by atoms with E-state index < -0.39 is 80.4 Å². The van der Waals surface area contributed by atoms with E-state index in [-0.39, 0.29) is 23.0 Å². The zero-order chi connectivity index (χ0) is 36.9. The molecule has 0 radical (unpaired) electrons. The van der Waals surface area contributed by atoms with Gasteiger partial charge in [-0.3, -0.25) is 0 Å². The molecule has 7 N–H and O–H groups in total. The van der Waals surface area contributed by atoms with E-state index in [9.17, 15) is 35.7 Å². The molecule has 4 saturated carbocycles. The van der Waals surface area contributed by atoms with Crippen molar-refractivity contribution in [3.63, 3.8) is 0 Å². The van der Waals surface area contributed by atoms with Gasteiger partial charge in [-0.15, -0.1) is 0 Å². The molecule has 4 heterocycles. The molecule has 298 valence electrons. The summed E-state index contributed by atoms with van der Waals surface area (Å²) >= 11 is 0. The summed E-state index contributed by atoms with van der Waals surface area (Å²) in [5.41, 5.74) is 0.425. The molecule has 4 saturated heterocycles. The zero-order valence-corrected chi connectivity index (χ0v) is 31.2. The Labute approximate surface area is 307 Å². The fraction of sp³-hybridized carbons (Fsp3) is 1.00. The van der Waals surface area contributed by atoms with Crippen LogP contribution >= 0.6 is 0 Å². The first-order valence-electron chi connectivity index (χ1n) is 20.3. The fourth-order valence-corrected chi connectivity index (χ4v) is 13.2. The van der Waals surface area contributed by atoms with E-state index in [0.29, 0.717) is 41.4 Å². The number of fused-ring (bicyclic) bond motifs is 7. The molecule has 1 spiro atoms. The summed E-state index contributed by atoms with van der Waals surface area (Å²) in [7, 11) is 0. The molecule has 13 heteroatoms. The van der Waals surface area contributed by atoms with Gasteiger partial charge in [-0.25, -0.2) is 0 Å². The van der Waals surface area contributed by atoms with E-state index in [1.54, 1.807) is 0 Å². The lowest BCUT2D eigenvalue weighted by molar-refractivity contribution is -0.373. The zero-order valence-electron chi connectivity index (χ0n) is 31.2. The molecule has 4 aliphatic carbocycles. The van der Waals surface area contributed by atoms with E-state index in [0.717, 1.165) is 45.1 Å². The quantitative estimate of drug-likeness (QED) is 0.194. The highest BCUT2D eigenvalue weighted by molar-refractivity contribution is 5.15. The highest BCUT2D eigenvalue weighted by Gasteiger charge is 2.69.